The van der Waals surface area contributed by atoms with Crippen LogP contribution in [0, 0.1) is 0 Å². The zero-order chi connectivity index (χ0) is 12.5. The van der Waals surface area contributed by atoms with Crippen molar-refractivity contribution in [2.75, 3.05) is 20.3 Å². The number of fused-ring (bicyclic) bond motifs is 1. The van der Waals surface area contributed by atoms with Crippen LogP contribution in [0.25, 0.3) is 10.2 Å². The third-order valence-electron chi connectivity index (χ3n) is 3.41. The van der Waals surface area contributed by atoms with Crippen LogP contribution in [0.3, 0.4) is 0 Å². The molecule has 1 saturated heterocycles. The van der Waals surface area contributed by atoms with E-state index in [4.69, 9.17) is 9.47 Å². The Morgan fingerprint density at radius 1 is 1.39 bits per heavy atom. The van der Waals surface area contributed by atoms with Crippen LogP contribution in [0.4, 0.5) is 0 Å². The van der Waals surface area contributed by atoms with Crippen LogP contribution in [0.5, 0.6) is 5.75 Å². The van der Waals surface area contributed by atoms with Crippen LogP contribution in [0.2, 0.25) is 0 Å². The van der Waals surface area contributed by atoms with Crippen LogP contribution in [-0.2, 0) is 4.74 Å². The first-order valence-electron chi connectivity index (χ1n) is 6.03. The third-order valence-corrected chi connectivity index (χ3v) is 5.10. The zero-order valence-electron chi connectivity index (χ0n) is 10.2. The first-order chi connectivity index (χ1) is 8.79. The molecule has 1 aliphatic rings. The van der Waals surface area contributed by atoms with E-state index in [1.54, 1.807) is 18.4 Å². The average Bonchev–Trinajstić information content (AvgIpc) is 2.80. The fourth-order valence-corrected chi connectivity index (χ4v) is 4.19. The molecule has 1 aromatic heterocycles. The van der Waals surface area contributed by atoms with Crippen LogP contribution >= 0.6 is 11.3 Å². The minimum absolute atomic E-state index is 0.597. The van der Waals surface area contributed by atoms with Gasteiger partial charge in [-0.3, -0.25) is 0 Å². The number of methoxy groups -OCH3 is 1. The van der Waals surface area contributed by atoms with Crippen LogP contribution in [-0.4, -0.2) is 42.2 Å². The van der Waals surface area contributed by atoms with Crippen molar-refractivity contribution in [2.24, 2.45) is 0 Å². The van der Waals surface area contributed by atoms with Crippen LogP contribution in [0.15, 0.2) is 12.1 Å². The van der Waals surface area contributed by atoms with Gasteiger partial charge in [0.2, 0.25) is 0 Å². The van der Waals surface area contributed by atoms with Gasteiger partial charge < -0.3 is 0 Å². The SMILES string of the molecule is COc1ccc(C2CCOCC2)c2sc([As])nc12. The average molecular weight is 323 g/mol. The first-order valence-corrected chi connectivity index (χ1v) is 7.79. The summed E-state index contributed by atoms with van der Waals surface area (Å²) in [6, 6.07) is 4.24. The Morgan fingerprint density at radius 2 is 2.17 bits per heavy atom. The van der Waals surface area contributed by atoms with Crippen molar-refractivity contribution in [3.63, 3.8) is 0 Å². The molecule has 2 radical (unpaired) electrons. The number of nitrogens with zero attached hydrogens (tertiary/aromatic N) is 1. The third kappa shape index (κ3) is 2.17. The van der Waals surface area contributed by atoms with Gasteiger partial charge in [0, 0.05) is 0 Å². The predicted molar refractivity (Wildman–Crippen MR) is 74.4 cm³/mol. The van der Waals surface area contributed by atoms with E-state index in [2.05, 4.69) is 27.9 Å². The molecule has 2 aromatic rings. The molecule has 2 heterocycles. The quantitative estimate of drug-likeness (QED) is 0.792. The Labute approximate surface area is 119 Å². The van der Waals surface area contributed by atoms with Crippen molar-refractivity contribution in [3.8, 4) is 5.75 Å². The Bertz CT molecular complexity index is 563. The van der Waals surface area contributed by atoms with Gasteiger partial charge in [0.15, 0.2) is 0 Å². The van der Waals surface area contributed by atoms with Crippen molar-refractivity contribution in [2.45, 2.75) is 18.8 Å². The summed E-state index contributed by atoms with van der Waals surface area (Å²) in [5.74, 6) is 1.47. The summed E-state index contributed by atoms with van der Waals surface area (Å²) >= 11 is 4.27. The second-order valence-corrected chi connectivity index (χ2v) is 6.96. The number of aromatic nitrogens is 1. The summed E-state index contributed by atoms with van der Waals surface area (Å²) in [7, 11) is 1.70. The molecule has 0 saturated carbocycles. The molecule has 1 fully saturated rings. The Hall–Kier alpha value is -0.572. The number of rotatable bonds is 2. The molecule has 5 heteroatoms. The normalized spacial score (nSPS) is 17.2. The van der Waals surface area contributed by atoms with Gasteiger partial charge in [-0.1, -0.05) is 0 Å². The number of benzene rings is 1. The topological polar surface area (TPSA) is 31.4 Å². The zero-order valence-corrected chi connectivity index (χ0v) is 12.9. The molecule has 3 rings (SSSR count). The fourth-order valence-electron chi connectivity index (χ4n) is 2.49. The van der Waals surface area contributed by atoms with Crippen LogP contribution < -0.4 is 8.53 Å². The van der Waals surface area contributed by atoms with Crippen molar-refractivity contribution in [1.82, 2.24) is 4.98 Å². The predicted octanol–water partition coefficient (Wildman–Crippen LogP) is 1.99. The molecule has 0 unspecified atom stereocenters. The van der Waals surface area contributed by atoms with Gasteiger partial charge in [-0.2, -0.15) is 0 Å². The second-order valence-electron chi connectivity index (χ2n) is 4.42. The van der Waals surface area contributed by atoms with E-state index in [1.165, 1.54) is 10.3 Å². The first kappa shape index (κ1) is 12.5. The van der Waals surface area contributed by atoms with Gasteiger partial charge in [-0.15, -0.1) is 0 Å². The van der Waals surface area contributed by atoms with Crippen molar-refractivity contribution in [3.05, 3.63) is 17.7 Å². The van der Waals surface area contributed by atoms with E-state index in [9.17, 15) is 0 Å². The Kier molecular flexibility index (Phi) is 3.60. The molecule has 3 nitrogen and oxygen atoms in total. The van der Waals surface area contributed by atoms with Gasteiger partial charge in [0.1, 0.15) is 0 Å². The Balaban J connectivity index is 2.11. The molecule has 18 heavy (non-hydrogen) atoms. The maximum atomic E-state index is 5.44. The molecule has 0 atom stereocenters. The number of hydrogen-bond acceptors (Lipinski definition) is 4. The fraction of sp³-hybridized carbons (Fsp3) is 0.462. The van der Waals surface area contributed by atoms with E-state index >= 15 is 0 Å². The summed E-state index contributed by atoms with van der Waals surface area (Å²) in [6.07, 6.45) is 2.21. The molecular weight excluding hydrogens is 309 g/mol. The minimum atomic E-state index is 0.597. The second kappa shape index (κ2) is 5.20. The summed E-state index contributed by atoms with van der Waals surface area (Å²) in [5.41, 5.74) is 2.41. The number of hydrogen-bond donors (Lipinski definition) is 0. The van der Waals surface area contributed by atoms with Crippen molar-refractivity contribution in [1.29, 1.82) is 0 Å². The standard InChI is InChI=1S/C13H14AsNO2S/c1-16-10-3-2-9(8-4-6-17-7-5-8)12-11(10)15-13(14)18-12/h2-3,8H,4-7H2,1H3. The molecule has 0 bridgehead atoms. The van der Waals surface area contributed by atoms with Gasteiger partial charge in [0.05, 0.1) is 0 Å². The van der Waals surface area contributed by atoms with E-state index in [1.807, 2.05) is 6.07 Å². The van der Waals surface area contributed by atoms with E-state index in [0.29, 0.717) is 5.92 Å². The van der Waals surface area contributed by atoms with Crippen molar-refractivity contribution < 1.29 is 9.47 Å². The molecule has 1 aliphatic heterocycles. The van der Waals surface area contributed by atoms with E-state index in [0.717, 1.165) is 41.1 Å². The summed E-state index contributed by atoms with van der Waals surface area (Å²) < 4.78 is 13.2. The Morgan fingerprint density at radius 3 is 2.89 bits per heavy atom. The molecule has 1 aromatic carbocycles. The monoisotopic (exact) mass is 323 g/mol. The number of thiazole rings is 1. The van der Waals surface area contributed by atoms with Crippen LogP contribution in [0.1, 0.15) is 24.3 Å². The van der Waals surface area contributed by atoms with E-state index in [-0.39, 0.29) is 0 Å². The molecular formula is C13H14AsNO2S. The molecule has 0 N–H and O–H groups in total. The maximum absolute atomic E-state index is 5.44. The van der Waals surface area contributed by atoms with Crippen molar-refractivity contribution >= 4 is 42.2 Å². The molecule has 0 aliphatic carbocycles. The molecule has 0 amide bonds. The number of ether oxygens (including phenoxy) is 2. The van der Waals surface area contributed by atoms with Gasteiger partial charge >= 0.3 is 119 Å². The summed E-state index contributed by atoms with van der Waals surface area (Å²) in [6.45, 7) is 1.73. The molecule has 0 spiro atoms. The summed E-state index contributed by atoms with van der Waals surface area (Å²) in [4.78, 5) is 4.57. The summed E-state index contributed by atoms with van der Waals surface area (Å²) in [5, 5.41) is 0. The van der Waals surface area contributed by atoms with E-state index < -0.39 is 0 Å². The van der Waals surface area contributed by atoms with Gasteiger partial charge in [-0.25, -0.2) is 0 Å². The molecule has 94 valence electrons. The van der Waals surface area contributed by atoms with Gasteiger partial charge in [0.25, 0.3) is 0 Å². The van der Waals surface area contributed by atoms with Gasteiger partial charge in [-0.05, 0) is 0 Å².